The Balaban J connectivity index is 1.88. The van der Waals surface area contributed by atoms with Crippen LogP contribution in [0.3, 0.4) is 0 Å². The molecule has 3 heterocycles. The van der Waals surface area contributed by atoms with Gasteiger partial charge in [-0.05, 0) is 26.2 Å². The van der Waals surface area contributed by atoms with Gasteiger partial charge in [0.2, 0.25) is 0 Å². The first-order chi connectivity index (χ1) is 9.77. The van der Waals surface area contributed by atoms with E-state index < -0.39 is 0 Å². The lowest BCUT2D eigenvalue weighted by Gasteiger charge is -2.36. The molecule has 0 radical (unpaired) electrons. The van der Waals surface area contributed by atoms with Crippen molar-refractivity contribution in [1.29, 1.82) is 0 Å². The Morgan fingerprint density at radius 2 is 1.90 bits per heavy atom. The lowest BCUT2D eigenvalue weighted by Crippen LogP contribution is -2.40. The molecule has 1 atom stereocenters. The van der Waals surface area contributed by atoms with Gasteiger partial charge >= 0.3 is 0 Å². The van der Waals surface area contributed by atoms with Gasteiger partial charge in [-0.3, -0.25) is 0 Å². The van der Waals surface area contributed by atoms with Gasteiger partial charge in [-0.15, -0.1) is 0 Å². The predicted molar refractivity (Wildman–Crippen MR) is 80.1 cm³/mol. The zero-order chi connectivity index (χ0) is 13.9. The Hall–Kier alpha value is -1.56. The predicted octanol–water partition coefficient (Wildman–Crippen LogP) is 1.27. The van der Waals surface area contributed by atoms with Gasteiger partial charge in [-0.2, -0.15) is 0 Å². The number of hydrogen-bond acceptors (Lipinski definition) is 6. The number of nitrogen functional groups attached to an aromatic ring is 1. The van der Waals surface area contributed by atoms with Crippen molar-refractivity contribution in [1.82, 2.24) is 9.97 Å². The van der Waals surface area contributed by atoms with Crippen LogP contribution in [0.15, 0.2) is 6.33 Å². The van der Waals surface area contributed by atoms with Gasteiger partial charge in [0.05, 0.1) is 13.2 Å². The van der Waals surface area contributed by atoms with Gasteiger partial charge in [-0.1, -0.05) is 0 Å². The highest BCUT2D eigenvalue weighted by Crippen LogP contribution is 2.32. The van der Waals surface area contributed by atoms with Crippen LogP contribution >= 0.6 is 0 Å². The highest BCUT2D eigenvalue weighted by molar-refractivity contribution is 5.76. The average molecular weight is 277 g/mol. The molecule has 1 aromatic heterocycles. The summed E-state index contributed by atoms with van der Waals surface area (Å²) in [6.07, 6.45) is 5.34. The largest absolute Gasteiger partial charge is 0.393 e. The summed E-state index contributed by atoms with van der Waals surface area (Å²) in [6.45, 7) is 6.43. The molecule has 2 aliphatic rings. The zero-order valence-corrected chi connectivity index (χ0v) is 12.1. The molecule has 6 nitrogen and oxygen atoms in total. The van der Waals surface area contributed by atoms with E-state index in [1.807, 2.05) is 0 Å². The maximum Gasteiger partial charge on any atom is 0.157 e. The molecular formula is C14H23N5O. The van der Waals surface area contributed by atoms with Gasteiger partial charge in [0.15, 0.2) is 11.6 Å². The fraction of sp³-hybridized carbons (Fsp3) is 0.714. The summed E-state index contributed by atoms with van der Waals surface area (Å²) >= 11 is 0. The molecule has 2 saturated heterocycles. The molecule has 1 unspecified atom stereocenters. The Bertz CT molecular complexity index is 461. The van der Waals surface area contributed by atoms with Crippen molar-refractivity contribution in [3.63, 3.8) is 0 Å². The second-order valence-corrected chi connectivity index (χ2v) is 5.57. The van der Waals surface area contributed by atoms with Gasteiger partial charge in [0, 0.05) is 25.7 Å². The summed E-state index contributed by atoms with van der Waals surface area (Å²) in [5.74, 6) is 1.75. The second kappa shape index (κ2) is 5.83. The quantitative estimate of drug-likeness (QED) is 0.878. The second-order valence-electron chi connectivity index (χ2n) is 5.57. The molecule has 110 valence electrons. The van der Waals surface area contributed by atoms with Crippen molar-refractivity contribution < 1.29 is 4.74 Å². The van der Waals surface area contributed by atoms with E-state index in [0.29, 0.717) is 11.7 Å². The fourth-order valence-corrected chi connectivity index (χ4v) is 3.05. The number of anilines is 3. The molecule has 0 aromatic carbocycles. The van der Waals surface area contributed by atoms with E-state index in [4.69, 9.17) is 10.5 Å². The summed E-state index contributed by atoms with van der Waals surface area (Å²) in [5, 5.41) is 0. The lowest BCUT2D eigenvalue weighted by atomic mass is 10.0. The van der Waals surface area contributed by atoms with Crippen LogP contribution in [-0.2, 0) is 4.74 Å². The van der Waals surface area contributed by atoms with E-state index in [1.54, 1.807) is 6.33 Å². The minimum absolute atomic E-state index is 0.499. The van der Waals surface area contributed by atoms with Crippen molar-refractivity contribution in [2.75, 3.05) is 48.4 Å². The molecule has 1 aromatic rings. The maximum atomic E-state index is 6.36. The molecule has 0 aliphatic carbocycles. The first-order valence-electron chi connectivity index (χ1n) is 7.47. The highest BCUT2D eigenvalue weighted by Gasteiger charge is 2.25. The lowest BCUT2D eigenvalue weighted by molar-refractivity contribution is 0.122. The van der Waals surface area contributed by atoms with Crippen LogP contribution in [0.5, 0.6) is 0 Å². The number of morpholine rings is 1. The zero-order valence-electron chi connectivity index (χ0n) is 12.1. The van der Waals surface area contributed by atoms with Gasteiger partial charge in [0.25, 0.3) is 0 Å². The summed E-state index contributed by atoms with van der Waals surface area (Å²) in [7, 11) is 0. The van der Waals surface area contributed by atoms with E-state index in [2.05, 4.69) is 26.7 Å². The SMILES string of the molecule is CC1CCCCN1c1ncnc(N2CCOCC2)c1N. The molecule has 6 heteroatoms. The van der Waals surface area contributed by atoms with E-state index in [1.165, 1.54) is 19.3 Å². The number of rotatable bonds is 2. The van der Waals surface area contributed by atoms with Crippen LogP contribution in [-0.4, -0.2) is 48.9 Å². The Kier molecular flexibility index (Phi) is 3.91. The number of aromatic nitrogens is 2. The number of nitrogens with two attached hydrogens (primary N) is 1. The first kappa shape index (κ1) is 13.4. The van der Waals surface area contributed by atoms with Crippen molar-refractivity contribution in [2.24, 2.45) is 0 Å². The summed E-state index contributed by atoms with van der Waals surface area (Å²) in [4.78, 5) is 13.3. The number of nitrogens with zero attached hydrogens (tertiary/aromatic N) is 4. The van der Waals surface area contributed by atoms with Crippen LogP contribution in [0.2, 0.25) is 0 Å². The third-order valence-electron chi connectivity index (χ3n) is 4.23. The topological polar surface area (TPSA) is 67.5 Å². The molecule has 0 bridgehead atoms. The van der Waals surface area contributed by atoms with E-state index >= 15 is 0 Å². The molecule has 2 aliphatic heterocycles. The van der Waals surface area contributed by atoms with Gasteiger partial charge in [-0.25, -0.2) is 9.97 Å². The highest BCUT2D eigenvalue weighted by atomic mass is 16.5. The molecular weight excluding hydrogens is 254 g/mol. The summed E-state index contributed by atoms with van der Waals surface area (Å²) in [5.41, 5.74) is 7.07. The third-order valence-corrected chi connectivity index (χ3v) is 4.23. The Morgan fingerprint density at radius 1 is 1.15 bits per heavy atom. The number of ether oxygens (including phenoxy) is 1. The van der Waals surface area contributed by atoms with Crippen LogP contribution < -0.4 is 15.5 Å². The van der Waals surface area contributed by atoms with Crippen molar-refractivity contribution in [3.05, 3.63) is 6.33 Å². The van der Waals surface area contributed by atoms with E-state index in [-0.39, 0.29) is 0 Å². The summed E-state index contributed by atoms with van der Waals surface area (Å²) in [6, 6.07) is 0.499. The Morgan fingerprint density at radius 3 is 2.65 bits per heavy atom. The molecule has 3 rings (SSSR count). The maximum absolute atomic E-state index is 6.36. The van der Waals surface area contributed by atoms with Gasteiger partial charge < -0.3 is 20.3 Å². The van der Waals surface area contributed by atoms with Crippen LogP contribution in [0.4, 0.5) is 17.3 Å². The monoisotopic (exact) mass is 277 g/mol. The number of piperidine rings is 1. The number of hydrogen-bond donors (Lipinski definition) is 1. The third kappa shape index (κ3) is 2.52. The molecule has 0 amide bonds. The van der Waals surface area contributed by atoms with Gasteiger partial charge in [0.1, 0.15) is 12.0 Å². The summed E-state index contributed by atoms with van der Waals surface area (Å²) < 4.78 is 5.39. The van der Waals surface area contributed by atoms with E-state index in [0.717, 1.165) is 44.5 Å². The molecule has 2 N–H and O–H groups in total. The van der Waals surface area contributed by atoms with E-state index in [9.17, 15) is 0 Å². The van der Waals surface area contributed by atoms with Crippen molar-refractivity contribution in [2.45, 2.75) is 32.2 Å². The fourth-order valence-electron chi connectivity index (χ4n) is 3.05. The standard InChI is InChI=1S/C14H23N5O/c1-11-4-2-3-5-19(11)14-12(15)13(16-10-17-14)18-6-8-20-9-7-18/h10-11H,2-9,15H2,1H3. The molecule has 0 saturated carbocycles. The minimum atomic E-state index is 0.499. The van der Waals surface area contributed by atoms with Crippen LogP contribution in [0.1, 0.15) is 26.2 Å². The normalized spacial score (nSPS) is 23.9. The molecule has 0 spiro atoms. The molecule has 2 fully saturated rings. The molecule has 20 heavy (non-hydrogen) atoms. The van der Waals surface area contributed by atoms with Crippen LogP contribution in [0.25, 0.3) is 0 Å². The van der Waals surface area contributed by atoms with Crippen molar-refractivity contribution in [3.8, 4) is 0 Å². The average Bonchev–Trinajstić information content (AvgIpc) is 2.49. The Labute approximate surface area is 119 Å². The van der Waals surface area contributed by atoms with Crippen molar-refractivity contribution >= 4 is 17.3 Å². The first-order valence-corrected chi connectivity index (χ1v) is 7.47. The van der Waals surface area contributed by atoms with Crippen LogP contribution in [0, 0.1) is 0 Å². The minimum Gasteiger partial charge on any atom is -0.393 e. The smallest absolute Gasteiger partial charge is 0.157 e.